The molecule has 150 valence electrons. The fraction of sp³-hybridized carbons (Fsp3) is 0.400. The molecule has 1 aliphatic rings. The third-order valence-corrected chi connectivity index (χ3v) is 5.16. The van der Waals surface area contributed by atoms with E-state index in [1.807, 2.05) is 19.1 Å². The standard InChI is InChI=1S/C20H24ClF2N5/c1-13(16-6-5-14(22)10-18(16)23)11-26-20(24-2)27-15-7-9-28(12-15)19-17(21)4-3-8-25-19/h3-6,8,10,13,15H,7,9,11-12H2,1-2H3,(H2,24,26,27). The highest BCUT2D eigenvalue weighted by atomic mass is 35.5. The Morgan fingerprint density at radius 2 is 2.21 bits per heavy atom. The van der Waals surface area contributed by atoms with Crippen LogP contribution in [0.5, 0.6) is 0 Å². The fourth-order valence-corrected chi connectivity index (χ4v) is 3.57. The first-order valence-electron chi connectivity index (χ1n) is 9.25. The molecule has 0 amide bonds. The van der Waals surface area contributed by atoms with E-state index in [4.69, 9.17) is 11.6 Å². The van der Waals surface area contributed by atoms with E-state index >= 15 is 0 Å². The summed E-state index contributed by atoms with van der Waals surface area (Å²) >= 11 is 6.24. The van der Waals surface area contributed by atoms with Crippen LogP contribution in [0.15, 0.2) is 41.5 Å². The molecular weight excluding hydrogens is 384 g/mol. The van der Waals surface area contributed by atoms with E-state index < -0.39 is 11.6 Å². The first-order chi connectivity index (χ1) is 13.5. The van der Waals surface area contributed by atoms with Gasteiger partial charge < -0.3 is 15.5 Å². The molecule has 28 heavy (non-hydrogen) atoms. The van der Waals surface area contributed by atoms with Gasteiger partial charge in [0.25, 0.3) is 0 Å². The summed E-state index contributed by atoms with van der Waals surface area (Å²) in [4.78, 5) is 10.8. The quantitative estimate of drug-likeness (QED) is 0.587. The van der Waals surface area contributed by atoms with E-state index in [1.54, 1.807) is 13.2 Å². The minimum absolute atomic E-state index is 0.133. The lowest BCUT2D eigenvalue weighted by atomic mass is 10.0. The molecule has 1 fully saturated rings. The van der Waals surface area contributed by atoms with Gasteiger partial charge in [0, 0.05) is 50.9 Å². The predicted molar refractivity (Wildman–Crippen MR) is 109 cm³/mol. The highest BCUT2D eigenvalue weighted by Gasteiger charge is 2.25. The molecule has 1 saturated heterocycles. The van der Waals surface area contributed by atoms with Crippen LogP contribution in [0.3, 0.4) is 0 Å². The van der Waals surface area contributed by atoms with Crippen LogP contribution in [0.4, 0.5) is 14.6 Å². The Morgan fingerprint density at radius 3 is 2.93 bits per heavy atom. The molecule has 5 nitrogen and oxygen atoms in total. The van der Waals surface area contributed by atoms with Crippen LogP contribution in [0.1, 0.15) is 24.8 Å². The lowest BCUT2D eigenvalue weighted by Crippen LogP contribution is -2.45. The Kier molecular flexibility index (Phi) is 6.67. The van der Waals surface area contributed by atoms with E-state index in [9.17, 15) is 8.78 Å². The van der Waals surface area contributed by atoms with Crippen molar-refractivity contribution in [1.29, 1.82) is 0 Å². The zero-order chi connectivity index (χ0) is 20.1. The summed E-state index contributed by atoms with van der Waals surface area (Å²) in [6, 6.07) is 7.52. The van der Waals surface area contributed by atoms with Crippen molar-refractivity contribution in [2.45, 2.75) is 25.3 Å². The van der Waals surface area contributed by atoms with Crippen LogP contribution in [-0.4, -0.2) is 43.7 Å². The summed E-state index contributed by atoms with van der Waals surface area (Å²) in [5.74, 6) is 0.199. The first kappa shape index (κ1) is 20.3. The van der Waals surface area contributed by atoms with E-state index in [0.717, 1.165) is 31.4 Å². The Hall–Kier alpha value is -2.41. The molecule has 2 aromatic rings. The monoisotopic (exact) mass is 407 g/mol. The number of benzene rings is 1. The summed E-state index contributed by atoms with van der Waals surface area (Å²) in [6.07, 6.45) is 2.66. The fourth-order valence-electron chi connectivity index (χ4n) is 3.33. The highest BCUT2D eigenvalue weighted by molar-refractivity contribution is 6.32. The maximum absolute atomic E-state index is 13.9. The molecule has 2 N–H and O–H groups in total. The maximum atomic E-state index is 13.9. The van der Waals surface area contributed by atoms with Crippen LogP contribution >= 0.6 is 11.6 Å². The van der Waals surface area contributed by atoms with Crippen molar-refractivity contribution in [3.63, 3.8) is 0 Å². The number of aromatic nitrogens is 1. The predicted octanol–water partition coefficient (Wildman–Crippen LogP) is 3.56. The third kappa shape index (κ3) is 4.90. The van der Waals surface area contributed by atoms with Crippen molar-refractivity contribution in [2.24, 2.45) is 4.99 Å². The highest BCUT2D eigenvalue weighted by Crippen LogP contribution is 2.25. The van der Waals surface area contributed by atoms with Gasteiger partial charge >= 0.3 is 0 Å². The Labute approximate surface area is 168 Å². The van der Waals surface area contributed by atoms with E-state index in [1.165, 1.54) is 12.1 Å². The smallest absolute Gasteiger partial charge is 0.191 e. The van der Waals surface area contributed by atoms with Gasteiger partial charge in [0.15, 0.2) is 5.96 Å². The van der Waals surface area contributed by atoms with Gasteiger partial charge in [0.1, 0.15) is 17.5 Å². The number of rotatable bonds is 5. The van der Waals surface area contributed by atoms with Gasteiger partial charge in [-0.3, -0.25) is 4.99 Å². The summed E-state index contributed by atoms with van der Waals surface area (Å²) in [5.41, 5.74) is 0.473. The molecule has 0 spiro atoms. The van der Waals surface area contributed by atoms with Crippen molar-refractivity contribution in [3.05, 3.63) is 58.7 Å². The van der Waals surface area contributed by atoms with Crippen LogP contribution < -0.4 is 15.5 Å². The van der Waals surface area contributed by atoms with Gasteiger partial charge in [-0.2, -0.15) is 0 Å². The number of hydrogen-bond acceptors (Lipinski definition) is 3. The summed E-state index contributed by atoms with van der Waals surface area (Å²) < 4.78 is 27.0. The van der Waals surface area contributed by atoms with Gasteiger partial charge in [-0.15, -0.1) is 0 Å². The SMILES string of the molecule is CN=C(NCC(C)c1ccc(F)cc1F)NC1CCN(c2ncccc2Cl)C1. The molecule has 3 rings (SSSR count). The number of hydrogen-bond donors (Lipinski definition) is 2. The minimum Gasteiger partial charge on any atom is -0.356 e. The third-order valence-electron chi connectivity index (χ3n) is 4.86. The number of nitrogens with one attached hydrogen (secondary N) is 2. The van der Waals surface area contributed by atoms with E-state index in [0.29, 0.717) is 23.1 Å². The van der Waals surface area contributed by atoms with Crippen LogP contribution in [0.2, 0.25) is 5.02 Å². The Bertz CT molecular complexity index is 845. The average molecular weight is 408 g/mol. The Morgan fingerprint density at radius 1 is 1.39 bits per heavy atom. The number of pyridine rings is 1. The zero-order valence-corrected chi connectivity index (χ0v) is 16.7. The molecule has 1 aliphatic heterocycles. The maximum Gasteiger partial charge on any atom is 0.191 e. The summed E-state index contributed by atoms with van der Waals surface area (Å²) in [6.45, 7) is 3.98. The molecule has 1 aromatic carbocycles. The van der Waals surface area contributed by atoms with Gasteiger partial charge in [-0.1, -0.05) is 24.6 Å². The van der Waals surface area contributed by atoms with Gasteiger partial charge in [0.05, 0.1) is 5.02 Å². The zero-order valence-electron chi connectivity index (χ0n) is 15.9. The number of aliphatic imine (C=N–C) groups is 1. The molecule has 0 bridgehead atoms. The van der Waals surface area contributed by atoms with E-state index in [-0.39, 0.29) is 12.0 Å². The number of nitrogens with zero attached hydrogens (tertiary/aromatic N) is 3. The molecule has 0 saturated carbocycles. The molecule has 2 atom stereocenters. The van der Waals surface area contributed by atoms with Crippen molar-refractivity contribution < 1.29 is 8.78 Å². The second-order valence-electron chi connectivity index (χ2n) is 6.90. The Balaban J connectivity index is 1.53. The summed E-state index contributed by atoms with van der Waals surface area (Å²) in [5, 5.41) is 7.25. The van der Waals surface area contributed by atoms with Gasteiger partial charge in [0.2, 0.25) is 0 Å². The number of halogens is 3. The second-order valence-corrected chi connectivity index (χ2v) is 7.31. The van der Waals surface area contributed by atoms with Gasteiger partial charge in [-0.25, -0.2) is 13.8 Å². The topological polar surface area (TPSA) is 52.6 Å². The normalized spacial score (nSPS) is 18.2. The van der Waals surface area contributed by atoms with Crippen LogP contribution in [0.25, 0.3) is 0 Å². The number of guanidine groups is 1. The largest absolute Gasteiger partial charge is 0.356 e. The van der Waals surface area contributed by atoms with Crippen LogP contribution in [-0.2, 0) is 0 Å². The van der Waals surface area contributed by atoms with Crippen molar-refractivity contribution in [1.82, 2.24) is 15.6 Å². The summed E-state index contributed by atoms with van der Waals surface area (Å²) in [7, 11) is 1.70. The number of anilines is 1. The molecule has 2 unspecified atom stereocenters. The first-order valence-corrected chi connectivity index (χ1v) is 9.63. The molecule has 0 radical (unpaired) electrons. The van der Waals surface area contributed by atoms with Crippen LogP contribution in [0, 0.1) is 11.6 Å². The molecule has 2 heterocycles. The van der Waals surface area contributed by atoms with E-state index in [2.05, 4.69) is 25.5 Å². The lowest BCUT2D eigenvalue weighted by molar-refractivity contribution is 0.554. The average Bonchev–Trinajstić information content (AvgIpc) is 3.13. The lowest BCUT2D eigenvalue weighted by Gasteiger charge is -2.21. The minimum atomic E-state index is -0.572. The van der Waals surface area contributed by atoms with Crippen molar-refractivity contribution in [3.8, 4) is 0 Å². The molecule has 0 aliphatic carbocycles. The second kappa shape index (κ2) is 9.19. The van der Waals surface area contributed by atoms with Crippen molar-refractivity contribution in [2.75, 3.05) is 31.6 Å². The molecule has 8 heteroatoms. The van der Waals surface area contributed by atoms with Crippen molar-refractivity contribution >= 4 is 23.4 Å². The van der Waals surface area contributed by atoms with Gasteiger partial charge in [-0.05, 0) is 30.2 Å². The molecular formula is C20H24ClF2N5. The molecule has 1 aromatic heterocycles.